The summed E-state index contributed by atoms with van der Waals surface area (Å²) in [6.07, 6.45) is 28.5. The van der Waals surface area contributed by atoms with Crippen LogP contribution < -0.4 is 0 Å². The summed E-state index contributed by atoms with van der Waals surface area (Å²) in [6.45, 7) is 5.98. The van der Waals surface area contributed by atoms with Crippen LogP contribution in [-0.2, 0) is 28.2 Å². The Hall–Kier alpha value is -0.950. The Morgan fingerprint density at radius 1 is 0.568 bits per heavy atom. The minimum atomic E-state index is -4.73. The van der Waals surface area contributed by atoms with Crippen molar-refractivity contribution in [1.82, 2.24) is 0 Å². The molecule has 0 aliphatic heterocycles. The molecule has 0 saturated heterocycles. The van der Waals surface area contributed by atoms with E-state index in [-0.39, 0.29) is 19.4 Å². The second-order valence-corrected chi connectivity index (χ2v) is 14.3. The van der Waals surface area contributed by atoms with Crippen molar-refractivity contribution in [3.8, 4) is 0 Å². The number of phosphoric ester groups is 1. The Morgan fingerprint density at radius 2 is 0.955 bits per heavy atom. The maximum absolute atomic E-state index is 12.3. The van der Waals surface area contributed by atoms with Crippen LogP contribution in [0.2, 0.25) is 0 Å². The molecule has 0 fully saturated rings. The SMILES string of the molecule is CCCCCCCCCC(=O)OC[C@H](COP(=O)(O)O)OC(=O)CCCCCCCCCCCCCCCCCCC(C)C. The van der Waals surface area contributed by atoms with Gasteiger partial charge in [-0.2, -0.15) is 0 Å². The lowest BCUT2D eigenvalue weighted by Gasteiger charge is -2.18. The number of carbonyl (C=O) groups is 2. The van der Waals surface area contributed by atoms with Crippen molar-refractivity contribution in [2.45, 2.75) is 194 Å². The van der Waals surface area contributed by atoms with Gasteiger partial charge in [0.25, 0.3) is 0 Å². The first-order chi connectivity index (χ1) is 21.1. The van der Waals surface area contributed by atoms with Gasteiger partial charge in [0.1, 0.15) is 6.61 Å². The van der Waals surface area contributed by atoms with E-state index in [1.807, 2.05) is 0 Å². The first-order valence-electron chi connectivity index (χ1n) is 18.2. The number of hydrogen-bond donors (Lipinski definition) is 2. The monoisotopic (exact) mass is 648 g/mol. The molecule has 0 bridgehead atoms. The van der Waals surface area contributed by atoms with Crippen molar-refractivity contribution in [3.05, 3.63) is 0 Å². The van der Waals surface area contributed by atoms with Gasteiger partial charge in [-0.05, 0) is 18.8 Å². The average molecular weight is 649 g/mol. The summed E-state index contributed by atoms with van der Waals surface area (Å²) in [5, 5.41) is 0. The summed E-state index contributed by atoms with van der Waals surface area (Å²) in [7, 11) is -4.73. The Kier molecular flexibility index (Phi) is 30.0. The van der Waals surface area contributed by atoms with Crippen molar-refractivity contribution >= 4 is 19.8 Å². The van der Waals surface area contributed by atoms with E-state index in [0.29, 0.717) is 6.42 Å². The van der Waals surface area contributed by atoms with Gasteiger partial charge in [-0.15, -0.1) is 0 Å². The Bertz CT molecular complexity index is 709. The molecule has 0 rings (SSSR count). The molecule has 9 heteroatoms. The number of ether oxygens (including phenoxy) is 2. The maximum Gasteiger partial charge on any atom is 0.469 e. The van der Waals surface area contributed by atoms with Gasteiger partial charge >= 0.3 is 19.8 Å². The van der Waals surface area contributed by atoms with E-state index in [0.717, 1.165) is 38.0 Å². The molecule has 0 aromatic rings. The van der Waals surface area contributed by atoms with E-state index in [4.69, 9.17) is 19.3 Å². The maximum atomic E-state index is 12.3. The molecule has 0 spiro atoms. The molecule has 0 aromatic heterocycles. The van der Waals surface area contributed by atoms with Crippen LogP contribution >= 0.6 is 7.82 Å². The lowest BCUT2D eigenvalue weighted by atomic mass is 10.0. The number of esters is 2. The molecule has 262 valence electrons. The van der Waals surface area contributed by atoms with Crippen LogP contribution in [0.1, 0.15) is 188 Å². The zero-order chi connectivity index (χ0) is 32.7. The molecule has 0 heterocycles. The summed E-state index contributed by atoms with van der Waals surface area (Å²) in [6, 6.07) is 0. The van der Waals surface area contributed by atoms with E-state index in [9.17, 15) is 14.2 Å². The van der Waals surface area contributed by atoms with Crippen LogP contribution in [0.3, 0.4) is 0 Å². The Labute approximate surface area is 270 Å². The van der Waals surface area contributed by atoms with Crippen LogP contribution in [0.5, 0.6) is 0 Å². The fraction of sp³-hybridized carbons (Fsp3) is 0.943. The molecule has 0 unspecified atom stereocenters. The summed E-state index contributed by atoms with van der Waals surface area (Å²) in [4.78, 5) is 42.4. The average Bonchev–Trinajstić information content (AvgIpc) is 2.96. The Balaban J connectivity index is 3.83. The zero-order valence-corrected chi connectivity index (χ0v) is 29.6. The summed E-state index contributed by atoms with van der Waals surface area (Å²) in [5.74, 6) is -0.0399. The third-order valence-electron chi connectivity index (χ3n) is 8.05. The van der Waals surface area contributed by atoms with Crippen molar-refractivity contribution < 1.29 is 37.9 Å². The highest BCUT2D eigenvalue weighted by Crippen LogP contribution is 2.36. The Morgan fingerprint density at radius 3 is 1.36 bits per heavy atom. The van der Waals surface area contributed by atoms with Gasteiger partial charge < -0.3 is 19.3 Å². The van der Waals surface area contributed by atoms with Crippen LogP contribution in [0, 0.1) is 5.92 Å². The van der Waals surface area contributed by atoms with Gasteiger partial charge in [0.15, 0.2) is 6.10 Å². The fourth-order valence-electron chi connectivity index (χ4n) is 5.32. The van der Waals surface area contributed by atoms with E-state index in [1.54, 1.807) is 0 Å². The highest BCUT2D eigenvalue weighted by molar-refractivity contribution is 7.46. The van der Waals surface area contributed by atoms with Crippen molar-refractivity contribution in [2.24, 2.45) is 5.92 Å². The van der Waals surface area contributed by atoms with Crippen LogP contribution in [0.15, 0.2) is 0 Å². The highest BCUT2D eigenvalue weighted by atomic mass is 31.2. The lowest BCUT2D eigenvalue weighted by Crippen LogP contribution is -2.29. The topological polar surface area (TPSA) is 119 Å². The van der Waals surface area contributed by atoms with Gasteiger partial charge in [0, 0.05) is 12.8 Å². The van der Waals surface area contributed by atoms with Crippen molar-refractivity contribution in [1.29, 1.82) is 0 Å². The van der Waals surface area contributed by atoms with E-state index < -0.39 is 32.5 Å². The van der Waals surface area contributed by atoms with Gasteiger partial charge in [0.2, 0.25) is 0 Å². The van der Waals surface area contributed by atoms with Crippen molar-refractivity contribution in [3.63, 3.8) is 0 Å². The smallest absolute Gasteiger partial charge is 0.462 e. The number of phosphoric acid groups is 1. The largest absolute Gasteiger partial charge is 0.469 e. The standard InChI is InChI=1S/C35H69O8P/c1-4-5-6-7-18-22-25-28-34(36)41-30-33(31-42-44(38,39)40)43-35(37)29-26-23-20-17-15-13-11-9-8-10-12-14-16-19-21-24-27-32(2)3/h32-33H,4-31H2,1-3H3,(H2,38,39,40)/t33-/m1/s1. The van der Waals surface area contributed by atoms with E-state index in [2.05, 4.69) is 25.3 Å². The quantitative estimate of drug-likeness (QED) is 0.0410. The molecule has 0 aromatic carbocycles. The van der Waals surface area contributed by atoms with E-state index in [1.165, 1.54) is 116 Å². The summed E-state index contributed by atoms with van der Waals surface area (Å²) >= 11 is 0. The molecule has 0 aliphatic rings. The first-order valence-corrected chi connectivity index (χ1v) is 19.7. The van der Waals surface area contributed by atoms with Gasteiger partial charge in [0.05, 0.1) is 6.61 Å². The predicted molar refractivity (Wildman–Crippen MR) is 179 cm³/mol. The molecule has 2 N–H and O–H groups in total. The van der Waals surface area contributed by atoms with Crippen LogP contribution in [0.25, 0.3) is 0 Å². The number of rotatable bonds is 33. The molecule has 0 amide bonds. The van der Waals surface area contributed by atoms with Crippen LogP contribution in [0.4, 0.5) is 0 Å². The summed E-state index contributed by atoms with van der Waals surface area (Å²) in [5.41, 5.74) is 0. The zero-order valence-electron chi connectivity index (χ0n) is 28.7. The van der Waals surface area contributed by atoms with Crippen LogP contribution in [-0.4, -0.2) is 41.0 Å². The van der Waals surface area contributed by atoms with Gasteiger partial charge in [-0.1, -0.05) is 162 Å². The molecule has 0 aliphatic carbocycles. The molecule has 8 nitrogen and oxygen atoms in total. The molecule has 0 saturated carbocycles. The van der Waals surface area contributed by atoms with Gasteiger partial charge in [-0.3, -0.25) is 14.1 Å². The molecular formula is C35H69O8P. The second kappa shape index (κ2) is 30.7. The first kappa shape index (κ1) is 43.0. The summed E-state index contributed by atoms with van der Waals surface area (Å²) < 4.78 is 26.2. The molecule has 1 atom stereocenters. The molecular weight excluding hydrogens is 579 g/mol. The second-order valence-electron chi connectivity index (χ2n) is 13.0. The van der Waals surface area contributed by atoms with E-state index >= 15 is 0 Å². The molecule has 0 radical (unpaired) electrons. The highest BCUT2D eigenvalue weighted by Gasteiger charge is 2.22. The lowest BCUT2D eigenvalue weighted by molar-refractivity contribution is -0.161. The normalized spacial score (nSPS) is 12.5. The number of unbranched alkanes of at least 4 members (excludes halogenated alkanes) is 21. The minimum Gasteiger partial charge on any atom is -0.462 e. The van der Waals surface area contributed by atoms with Crippen molar-refractivity contribution in [2.75, 3.05) is 13.2 Å². The molecule has 44 heavy (non-hydrogen) atoms. The fourth-order valence-corrected chi connectivity index (χ4v) is 5.68. The predicted octanol–water partition coefficient (Wildman–Crippen LogP) is 10.4. The minimum absolute atomic E-state index is 0.219. The third-order valence-corrected chi connectivity index (χ3v) is 8.54. The number of hydrogen-bond acceptors (Lipinski definition) is 6. The number of carbonyl (C=O) groups excluding carboxylic acids is 2. The van der Waals surface area contributed by atoms with Gasteiger partial charge in [-0.25, -0.2) is 4.57 Å². The third kappa shape index (κ3) is 33.9.